The van der Waals surface area contributed by atoms with Crippen molar-refractivity contribution in [3.8, 4) is 11.8 Å². The normalized spacial score (nSPS) is 19.1. The number of nitrogens with one attached hydrogen (secondary N) is 1. The van der Waals surface area contributed by atoms with E-state index in [9.17, 15) is 4.79 Å². The van der Waals surface area contributed by atoms with Crippen LogP contribution in [0.1, 0.15) is 6.92 Å². The van der Waals surface area contributed by atoms with Crippen LogP contribution in [0, 0.1) is 11.8 Å². The molecule has 2 aromatic rings. The fourth-order valence-electron chi connectivity index (χ4n) is 3.77. The second-order valence-corrected chi connectivity index (χ2v) is 8.05. The highest BCUT2D eigenvalue weighted by Gasteiger charge is 2.41. The molecule has 0 saturated carbocycles. The second-order valence-electron chi connectivity index (χ2n) is 7.01. The van der Waals surface area contributed by atoms with Crippen LogP contribution >= 0.6 is 11.8 Å². The molecule has 1 N–H and O–H groups in total. The summed E-state index contributed by atoms with van der Waals surface area (Å²) >= 11 is 1.47. The summed E-state index contributed by atoms with van der Waals surface area (Å²) in [4.78, 5) is 29.9. The van der Waals surface area contributed by atoms with Gasteiger partial charge < -0.3 is 15.1 Å². The Kier molecular flexibility index (Phi) is 5.76. The van der Waals surface area contributed by atoms with Crippen LogP contribution in [0.15, 0.2) is 39.4 Å². The Labute approximate surface area is 174 Å². The Bertz CT molecular complexity index is 992. The molecule has 0 aliphatic carbocycles. The molecule has 0 spiro atoms. The molecular formula is C20H25N7OS. The van der Waals surface area contributed by atoms with Gasteiger partial charge in [0.2, 0.25) is 0 Å². The van der Waals surface area contributed by atoms with Crippen molar-refractivity contribution >= 4 is 23.3 Å². The van der Waals surface area contributed by atoms with Gasteiger partial charge in [-0.3, -0.25) is 19.2 Å². The van der Waals surface area contributed by atoms with Crippen LogP contribution < -0.4 is 20.7 Å². The molecule has 0 radical (unpaired) electrons. The maximum Gasteiger partial charge on any atom is 0.279 e. The Morgan fingerprint density at radius 1 is 1.24 bits per heavy atom. The minimum absolute atomic E-state index is 0.0473. The largest absolute Gasteiger partial charge is 0.325 e. The van der Waals surface area contributed by atoms with Crippen LogP contribution in [0.2, 0.25) is 0 Å². The monoisotopic (exact) mass is 411 g/mol. The van der Waals surface area contributed by atoms with Gasteiger partial charge in [-0.25, -0.2) is 4.98 Å². The number of aromatic nitrogens is 3. The van der Waals surface area contributed by atoms with Crippen molar-refractivity contribution < 1.29 is 0 Å². The number of hydrogen-bond donors (Lipinski definition) is 1. The van der Waals surface area contributed by atoms with E-state index < -0.39 is 0 Å². The van der Waals surface area contributed by atoms with Crippen LogP contribution in [0.5, 0.6) is 0 Å². The average Bonchev–Trinajstić information content (AvgIpc) is 3.03. The Balaban J connectivity index is 1.76. The lowest BCUT2D eigenvalue weighted by Crippen LogP contribution is -2.59. The van der Waals surface area contributed by atoms with Crippen LogP contribution in [-0.2, 0) is 7.05 Å². The lowest BCUT2D eigenvalue weighted by atomic mass is 10.3. The van der Waals surface area contributed by atoms with E-state index in [1.165, 1.54) is 11.8 Å². The molecule has 1 saturated heterocycles. The summed E-state index contributed by atoms with van der Waals surface area (Å²) in [5, 5.41) is 4.05. The maximum atomic E-state index is 13.4. The number of anilines is 2. The summed E-state index contributed by atoms with van der Waals surface area (Å²) in [5.41, 5.74) is 0.578. The number of hydrogen-bond acceptors (Lipinski definition) is 8. The van der Waals surface area contributed by atoms with Crippen molar-refractivity contribution in [2.45, 2.75) is 23.3 Å². The van der Waals surface area contributed by atoms with E-state index in [1.807, 2.05) is 26.1 Å². The van der Waals surface area contributed by atoms with E-state index in [0.29, 0.717) is 23.2 Å². The predicted octanol–water partition coefficient (Wildman–Crippen LogP) is 0.795. The minimum Gasteiger partial charge on any atom is -0.325 e. The molecule has 0 amide bonds. The van der Waals surface area contributed by atoms with Crippen LogP contribution in [0.4, 0.5) is 11.5 Å². The molecular weight excluding hydrogens is 386 g/mol. The van der Waals surface area contributed by atoms with Gasteiger partial charge >= 0.3 is 0 Å². The molecule has 2 aliphatic heterocycles. The third-order valence-corrected chi connectivity index (χ3v) is 6.27. The zero-order valence-corrected chi connectivity index (χ0v) is 17.7. The van der Waals surface area contributed by atoms with E-state index >= 15 is 0 Å². The fourth-order valence-corrected chi connectivity index (χ4v) is 4.59. The Morgan fingerprint density at radius 2 is 1.97 bits per heavy atom. The van der Waals surface area contributed by atoms with Gasteiger partial charge in [0.15, 0.2) is 17.3 Å². The van der Waals surface area contributed by atoms with E-state index in [2.05, 4.69) is 36.8 Å². The molecule has 0 bridgehead atoms. The average molecular weight is 412 g/mol. The summed E-state index contributed by atoms with van der Waals surface area (Å²) in [6, 6.07) is 3.83. The summed E-state index contributed by atoms with van der Waals surface area (Å²) in [6.45, 7) is 6.02. The molecule has 8 nitrogen and oxygen atoms in total. The van der Waals surface area contributed by atoms with Gasteiger partial charge in [0, 0.05) is 57.6 Å². The fraction of sp³-hybridized carbons (Fsp3) is 0.450. The summed E-state index contributed by atoms with van der Waals surface area (Å²) in [7, 11) is 3.79. The second kappa shape index (κ2) is 8.45. The SMILES string of the molecule is CC#CCN1c2c(nc(Sc3ccncc3)n(C)c2=O)N(C)C1N1CCNCC1. The molecule has 1 unspecified atom stereocenters. The number of pyridine rings is 1. The molecule has 2 aliphatic rings. The molecule has 0 aromatic carbocycles. The molecule has 1 fully saturated rings. The highest BCUT2D eigenvalue weighted by molar-refractivity contribution is 7.99. The molecule has 4 rings (SSSR count). The summed E-state index contributed by atoms with van der Waals surface area (Å²) in [5.74, 6) is 6.82. The first-order valence-electron chi connectivity index (χ1n) is 9.64. The quantitative estimate of drug-likeness (QED) is 0.585. The maximum absolute atomic E-state index is 13.4. The van der Waals surface area contributed by atoms with Crippen molar-refractivity contribution in [2.75, 3.05) is 49.6 Å². The molecule has 29 heavy (non-hydrogen) atoms. The number of fused-ring (bicyclic) bond motifs is 1. The van der Waals surface area contributed by atoms with Gasteiger partial charge in [0.25, 0.3) is 5.56 Å². The van der Waals surface area contributed by atoms with Gasteiger partial charge in [-0.2, -0.15) is 0 Å². The molecule has 1 atom stereocenters. The van der Waals surface area contributed by atoms with Crippen molar-refractivity contribution in [3.63, 3.8) is 0 Å². The standard InChI is InChI=1S/C20H25N7OS/c1-4-5-12-27-16-17(24(2)20(27)26-13-10-22-11-14-26)23-19(25(3)18(16)28)29-15-6-8-21-9-7-15/h6-9,20,22H,10-14H2,1-3H3. The van der Waals surface area contributed by atoms with Gasteiger partial charge in [0.05, 0.1) is 6.54 Å². The Hall–Kier alpha value is -2.54. The first-order valence-corrected chi connectivity index (χ1v) is 10.5. The third kappa shape index (κ3) is 3.71. The molecule has 152 valence electrons. The van der Waals surface area contributed by atoms with Gasteiger partial charge in [-0.1, -0.05) is 17.7 Å². The zero-order valence-electron chi connectivity index (χ0n) is 16.9. The van der Waals surface area contributed by atoms with Gasteiger partial charge in [-0.15, -0.1) is 5.92 Å². The number of nitrogens with zero attached hydrogens (tertiary/aromatic N) is 6. The van der Waals surface area contributed by atoms with Crippen LogP contribution in [0.3, 0.4) is 0 Å². The lowest BCUT2D eigenvalue weighted by molar-refractivity contribution is 0.174. The van der Waals surface area contributed by atoms with Crippen molar-refractivity contribution in [1.29, 1.82) is 0 Å². The van der Waals surface area contributed by atoms with E-state index in [1.54, 1.807) is 24.0 Å². The first kappa shape index (κ1) is 19.8. The molecule has 2 aromatic heterocycles. The lowest BCUT2D eigenvalue weighted by Gasteiger charge is -2.40. The van der Waals surface area contributed by atoms with E-state index in [4.69, 9.17) is 4.98 Å². The topological polar surface area (TPSA) is 69.5 Å². The van der Waals surface area contributed by atoms with E-state index in [0.717, 1.165) is 31.1 Å². The Morgan fingerprint density at radius 3 is 2.66 bits per heavy atom. The van der Waals surface area contributed by atoms with Crippen molar-refractivity contribution in [3.05, 3.63) is 34.9 Å². The summed E-state index contributed by atoms with van der Waals surface area (Å²) in [6.07, 6.45) is 3.42. The molecule has 4 heterocycles. The van der Waals surface area contributed by atoms with Crippen molar-refractivity contribution in [2.24, 2.45) is 7.05 Å². The predicted molar refractivity (Wildman–Crippen MR) is 115 cm³/mol. The smallest absolute Gasteiger partial charge is 0.279 e. The number of piperazine rings is 1. The first-order chi connectivity index (χ1) is 14.1. The third-order valence-electron chi connectivity index (χ3n) is 5.22. The summed E-state index contributed by atoms with van der Waals surface area (Å²) < 4.78 is 1.63. The van der Waals surface area contributed by atoms with Crippen LogP contribution in [-0.4, -0.2) is 65.5 Å². The molecule has 9 heteroatoms. The zero-order chi connectivity index (χ0) is 20.4. The minimum atomic E-state index is -0.0608. The highest BCUT2D eigenvalue weighted by atomic mass is 32.2. The van der Waals surface area contributed by atoms with Gasteiger partial charge in [0.1, 0.15) is 5.69 Å². The van der Waals surface area contributed by atoms with Crippen molar-refractivity contribution in [1.82, 2.24) is 24.8 Å². The van der Waals surface area contributed by atoms with Gasteiger partial charge in [-0.05, 0) is 19.1 Å². The number of rotatable bonds is 4. The highest BCUT2D eigenvalue weighted by Crippen LogP contribution is 2.37. The van der Waals surface area contributed by atoms with E-state index in [-0.39, 0.29) is 11.8 Å². The van der Waals surface area contributed by atoms with Crippen LogP contribution in [0.25, 0.3) is 0 Å².